The number of nitrogens with zero attached hydrogens (tertiary/aromatic N) is 3. The number of benzene rings is 1. The van der Waals surface area contributed by atoms with Gasteiger partial charge in [-0.2, -0.15) is 0 Å². The van der Waals surface area contributed by atoms with E-state index in [0.29, 0.717) is 25.1 Å². The zero-order chi connectivity index (χ0) is 23.4. The van der Waals surface area contributed by atoms with Crippen molar-refractivity contribution in [2.75, 3.05) is 13.2 Å². The summed E-state index contributed by atoms with van der Waals surface area (Å²) >= 11 is 1.58. The lowest BCUT2D eigenvalue weighted by Gasteiger charge is -2.22. The van der Waals surface area contributed by atoms with Gasteiger partial charge in [-0.3, -0.25) is 9.59 Å². The summed E-state index contributed by atoms with van der Waals surface area (Å²) in [6, 6.07) is 8.61. The molecule has 0 unspecified atom stereocenters. The van der Waals surface area contributed by atoms with E-state index in [4.69, 9.17) is 9.63 Å². The van der Waals surface area contributed by atoms with Crippen molar-refractivity contribution in [2.45, 2.75) is 44.9 Å². The van der Waals surface area contributed by atoms with E-state index < -0.39 is 18.1 Å². The molecule has 3 N–H and O–H groups in total. The predicted octanol–water partition coefficient (Wildman–Crippen LogP) is 1.92. The first-order valence-electron chi connectivity index (χ1n) is 10.8. The number of nitrogens with one attached hydrogen (secondary N) is 1. The molecule has 10 heteroatoms. The van der Waals surface area contributed by atoms with Crippen LogP contribution >= 0.6 is 11.3 Å². The van der Waals surface area contributed by atoms with E-state index >= 15 is 0 Å². The Balaban J connectivity index is 1.38. The number of aliphatic hydroxyl groups is 2. The van der Waals surface area contributed by atoms with Gasteiger partial charge in [0.2, 0.25) is 11.7 Å². The third-order valence-corrected chi connectivity index (χ3v) is 6.61. The van der Waals surface area contributed by atoms with Gasteiger partial charge in [-0.1, -0.05) is 29.4 Å². The maximum atomic E-state index is 12.9. The lowest BCUT2D eigenvalue weighted by atomic mass is 10.1. The summed E-state index contributed by atoms with van der Waals surface area (Å²) in [5, 5.41) is 25.8. The molecule has 0 saturated carbocycles. The lowest BCUT2D eigenvalue weighted by Crippen LogP contribution is -2.45. The first-order valence-corrected chi connectivity index (χ1v) is 11.7. The first kappa shape index (κ1) is 23.1. The molecule has 0 aliphatic carbocycles. The van der Waals surface area contributed by atoms with Crippen LogP contribution in [0.4, 0.5) is 0 Å². The van der Waals surface area contributed by atoms with E-state index in [0.717, 1.165) is 21.7 Å². The molecule has 174 valence electrons. The van der Waals surface area contributed by atoms with Gasteiger partial charge in [0, 0.05) is 32.2 Å². The van der Waals surface area contributed by atoms with Crippen molar-refractivity contribution in [2.24, 2.45) is 0 Å². The van der Waals surface area contributed by atoms with Gasteiger partial charge in [-0.05, 0) is 30.9 Å². The highest BCUT2D eigenvalue weighted by atomic mass is 32.1. The van der Waals surface area contributed by atoms with Gasteiger partial charge >= 0.3 is 0 Å². The second-order valence-electron chi connectivity index (χ2n) is 8.05. The van der Waals surface area contributed by atoms with Crippen LogP contribution in [0.25, 0.3) is 10.4 Å². The molecule has 2 atom stereocenters. The van der Waals surface area contributed by atoms with Gasteiger partial charge in [0.25, 0.3) is 5.91 Å². The van der Waals surface area contributed by atoms with Crippen molar-refractivity contribution < 1.29 is 24.3 Å². The number of β-amino-alcohol motifs (C(OH)–C–C–N with tert-alkyl or cyclic N) is 1. The molecule has 1 aromatic carbocycles. The minimum Gasteiger partial charge on any atom is -0.396 e. The number of likely N-dealkylation sites (tertiary alicyclic amines) is 1. The van der Waals surface area contributed by atoms with E-state index in [2.05, 4.69) is 15.5 Å². The van der Waals surface area contributed by atoms with Crippen LogP contribution < -0.4 is 5.32 Å². The number of hydrogen-bond acceptors (Lipinski definition) is 8. The van der Waals surface area contributed by atoms with Gasteiger partial charge < -0.3 is 25.0 Å². The number of hydrogen-bond donors (Lipinski definition) is 3. The summed E-state index contributed by atoms with van der Waals surface area (Å²) in [5.74, 6) is -0.801. The topological polar surface area (TPSA) is 129 Å². The van der Waals surface area contributed by atoms with Crippen molar-refractivity contribution >= 4 is 23.2 Å². The molecule has 0 spiro atoms. The zero-order valence-corrected chi connectivity index (χ0v) is 19.0. The van der Waals surface area contributed by atoms with Gasteiger partial charge in [-0.15, -0.1) is 11.3 Å². The molecular formula is C23H26N4O5S. The number of carbonyl (C=O) groups is 2. The minimum absolute atomic E-state index is 0.0174. The number of rotatable bonds is 8. The van der Waals surface area contributed by atoms with Crippen LogP contribution in [0, 0.1) is 6.92 Å². The largest absolute Gasteiger partial charge is 0.396 e. The molecule has 33 heavy (non-hydrogen) atoms. The minimum atomic E-state index is -0.794. The third kappa shape index (κ3) is 5.29. The van der Waals surface area contributed by atoms with Gasteiger partial charge in [-0.25, -0.2) is 4.98 Å². The smallest absolute Gasteiger partial charge is 0.293 e. The summed E-state index contributed by atoms with van der Waals surface area (Å²) in [7, 11) is 0. The van der Waals surface area contributed by atoms with Gasteiger partial charge in [0.05, 0.1) is 27.9 Å². The highest BCUT2D eigenvalue weighted by Crippen LogP contribution is 2.27. The molecule has 2 aromatic heterocycles. The molecule has 3 aromatic rings. The lowest BCUT2D eigenvalue weighted by molar-refractivity contribution is -0.125. The summed E-state index contributed by atoms with van der Waals surface area (Å²) in [4.78, 5) is 32.5. The second kappa shape index (κ2) is 10.2. The van der Waals surface area contributed by atoms with Crippen molar-refractivity contribution in [1.82, 2.24) is 20.4 Å². The van der Waals surface area contributed by atoms with E-state index in [1.54, 1.807) is 11.3 Å². The fraction of sp³-hybridized carbons (Fsp3) is 0.391. The molecule has 4 rings (SSSR count). The van der Waals surface area contributed by atoms with Crippen molar-refractivity contribution in [3.05, 3.63) is 58.6 Å². The Bertz CT molecular complexity index is 1110. The molecule has 9 nitrogen and oxygen atoms in total. The normalized spacial score (nSPS) is 18.0. The Hall–Kier alpha value is -3.08. The van der Waals surface area contributed by atoms with E-state index in [1.165, 1.54) is 11.0 Å². The predicted molar refractivity (Wildman–Crippen MR) is 121 cm³/mol. The summed E-state index contributed by atoms with van der Waals surface area (Å²) < 4.78 is 5.14. The second-order valence-corrected chi connectivity index (χ2v) is 8.91. The van der Waals surface area contributed by atoms with Crippen LogP contribution in [0.2, 0.25) is 0 Å². The Labute approximate surface area is 195 Å². The Morgan fingerprint density at radius 2 is 2.09 bits per heavy atom. The van der Waals surface area contributed by atoms with Crippen LogP contribution in [0.15, 0.2) is 40.4 Å². The first-order chi connectivity index (χ1) is 16.0. The van der Waals surface area contributed by atoms with Crippen molar-refractivity contribution in [3.63, 3.8) is 0 Å². The van der Waals surface area contributed by atoms with Crippen LogP contribution in [0.3, 0.4) is 0 Å². The highest BCUT2D eigenvalue weighted by Gasteiger charge is 2.40. The van der Waals surface area contributed by atoms with Crippen molar-refractivity contribution in [3.8, 4) is 10.4 Å². The number of aliphatic hydroxyl groups excluding tert-OH is 2. The summed E-state index contributed by atoms with van der Waals surface area (Å²) in [6.45, 7) is 2.34. The molecule has 1 fully saturated rings. The summed E-state index contributed by atoms with van der Waals surface area (Å²) in [5.41, 5.74) is 5.36. The van der Waals surface area contributed by atoms with Crippen LogP contribution in [-0.4, -0.2) is 62.4 Å². The van der Waals surface area contributed by atoms with E-state index in [1.807, 2.05) is 36.7 Å². The number of aromatic nitrogens is 2. The highest BCUT2D eigenvalue weighted by molar-refractivity contribution is 7.13. The molecule has 1 aliphatic rings. The monoisotopic (exact) mass is 470 g/mol. The molecule has 1 saturated heterocycles. The molecule has 0 bridgehead atoms. The summed E-state index contributed by atoms with van der Waals surface area (Å²) in [6.07, 6.45) is 0.370. The Kier molecular flexibility index (Phi) is 7.17. The molecule has 2 amide bonds. The quantitative estimate of drug-likeness (QED) is 0.459. The Morgan fingerprint density at radius 1 is 1.30 bits per heavy atom. The molecular weight excluding hydrogens is 444 g/mol. The van der Waals surface area contributed by atoms with Crippen LogP contribution in [0.5, 0.6) is 0 Å². The zero-order valence-electron chi connectivity index (χ0n) is 18.2. The molecule has 0 radical (unpaired) electrons. The molecule has 1 aliphatic heterocycles. The fourth-order valence-corrected chi connectivity index (χ4v) is 4.69. The number of aryl methyl sites for hydroxylation is 2. The van der Waals surface area contributed by atoms with E-state index in [-0.39, 0.29) is 31.2 Å². The van der Waals surface area contributed by atoms with E-state index in [9.17, 15) is 14.7 Å². The fourth-order valence-electron chi connectivity index (χ4n) is 3.88. The average Bonchev–Trinajstić information content (AvgIpc) is 3.56. The maximum absolute atomic E-state index is 12.9. The van der Waals surface area contributed by atoms with Gasteiger partial charge in [0.15, 0.2) is 0 Å². The number of carbonyl (C=O) groups excluding carboxylic acids is 2. The molecule has 3 heterocycles. The standard InChI is InChI=1S/C23H26N4O5S/c1-14-21(33-13-25-14)16-6-4-15(5-7-16)11-24-22(30)19-10-18(29)12-27(19)23(31)20-9-17(26-32-20)3-2-8-28/h4-7,9,13,18-19,28-29H,2-3,8,10-12H2,1H3,(H,24,30)/t18-,19+/m1/s1. The number of amides is 2. The Morgan fingerprint density at radius 3 is 2.79 bits per heavy atom. The van der Waals surface area contributed by atoms with Crippen LogP contribution in [0.1, 0.15) is 40.3 Å². The third-order valence-electron chi connectivity index (χ3n) is 5.63. The van der Waals surface area contributed by atoms with Crippen LogP contribution in [-0.2, 0) is 17.8 Å². The SMILES string of the molecule is Cc1ncsc1-c1ccc(CNC(=O)[C@@H]2C[C@@H](O)CN2C(=O)c2cc(CCCO)no2)cc1. The average molecular weight is 471 g/mol. The van der Waals surface area contributed by atoms with Crippen molar-refractivity contribution in [1.29, 1.82) is 0 Å². The maximum Gasteiger partial charge on any atom is 0.293 e. The number of thiazole rings is 1. The van der Waals surface area contributed by atoms with Gasteiger partial charge in [0.1, 0.15) is 6.04 Å².